The molecule has 0 atom stereocenters. The summed E-state index contributed by atoms with van der Waals surface area (Å²) in [5.41, 5.74) is 4.81. The van der Waals surface area contributed by atoms with Crippen molar-refractivity contribution in [2.45, 2.75) is 13.8 Å². The highest BCUT2D eigenvalue weighted by atomic mass is 19.1. The summed E-state index contributed by atoms with van der Waals surface area (Å²) in [6.45, 7) is 3.89. The molecule has 110 valence electrons. The second-order valence-corrected chi connectivity index (χ2v) is 4.88. The molecule has 0 radical (unpaired) electrons. The number of amides is 1. The lowest BCUT2D eigenvalue weighted by atomic mass is 10.1. The van der Waals surface area contributed by atoms with Crippen LogP contribution in [0.25, 0.3) is 0 Å². The fourth-order valence-corrected chi connectivity index (χ4v) is 2.15. The third-order valence-corrected chi connectivity index (χ3v) is 3.15. The molecule has 0 spiro atoms. The maximum Gasteiger partial charge on any atom is 0.261 e. The summed E-state index contributed by atoms with van der Waals surface area (Å²) >= 11 is 0. The molecule has 21 heavy (non-hydrogen) atoms. The molecule has 1 amide bonds. The zero-order valence-electron chi connectivity index (χ0n) is 12.1. The molecule has 5 nitrogen and oxygen atoms in total. The number of nitrogens with one attached hydrogen (secondary N) is 1. The van der Waals surface area contributed by atoms with Crippen molar-refractivity contribution in [3.63, 3.8) is 0 Å². The first kappa shape index (κ1) is 14.9. The van der Waals surface area contributed by atoms with Gasteiger partial charge in [0.25, 0.3) is 5.91 Å². The molecule has 0 aliphatic heterocycles. The topological polar surface area (TPSA) is 71.2 Å². The first-order chi connectivity index (χ1) is 9.93. The molecule has 0 unspecified atom stereocenters. The summed E-state index contributed by atoms with van der Waals surface area (Å²) in [4.78, 5) is 17.6. The Balaban J connectivity index is 2.39. The highest BCUT2D eigenvalue weighted by Gasteiger charge is 2.20. The molecule has 3 N–H and O–H groups in total. The van der Waals surface area contributed by atoms with Crippen LogP contribution in [0.5, 0.6) is 0 Å². The maximum atomic E-state index is 14.1. The second-order valence-electron chi connectivity index (χ2n) is 4.88. The first-order valence-electron chi connectivity index (χ1n) is 6.41. The number of rotatable bonds is 3. The third kappa shape index (κ3) is 3.00. The molecular formula is C15H17FN4O. The van der Waals surface area contributed by atoms with Crippen molar-refractivity contribution >= 4 is 17.4 Å². The van der Waals surface area contributed by atoms with E-state index in [1.54, 1.807) is 7.05 Å². The summed E-state index contributed by atoms with van der Waals surface area (Å²) in [5.74, 6) is 3.79. The quantitative estimate of drug-likeness (QED) is 0.672. The Morgan fingerprint density at radius 2 is 1.90 bits per heavy atom. The average molecular weight is 288 g/mol. The highest BCUT2D eigenvalue weighted by Crippen LogP contribution is 2.22. The van der Waals surface area contributed by atoms with Crippen LogP contribution in [0.15, 0.2) is 30.5 Å². The lowest BCUT2D eigenvalue weighted by molar-refractivity contribution is 0.0989. The van der Waals surface area contributed by atoms with E-state index in [1.165, 1.54) is 17.2 Å². The van der Waals surface area contributed by atoms with E-state index in [4.69, 9.17) is 5.84 Å². The summed E-state index contributed by atoms with van der Waals surface area (Å²) < 4.78 is 14.1. The van der Waals surface area contributed by atoms with Crippen LogP contribution in [-0.2, 0) is 0 Å². The van der Waals surface area contributed by atoms with Gasteiger partial charge in [-0.25, -0.2) is 15.2 Å². The molecule has 1 heterocycles. The number of carbonyl (C=O) groups is 1. The van der Waals surface area contributed by atoms with Crippen molar-refractivity contribution in [2.75, 3.05) is 17.4 Å². The first-order valence-corrected chi connectivity index (χ1v) is 6.41. The molecule has 2 aromatic rings. The van der Waals surface area contributed by atoms with Crippen molar-refractivity contribution in [1.29, 1.82) is 0 Å². The van der Waals surface area contributed by atoms with E-state index in [-0.39, 0.29) is 11.4 Å². The third-order valence-electron chi connectivity index (χ3n) is 3.15. The molecule has 0 aliphatic carbocycles. The second kappa shape index (κ2) is 5.88. The van der Waals surface area contributed by atoms with Gasteiger partial charge in [-0.3, -0.25) is 4.79 Å². The Morgan fingerprint density at radius 1 is 1.29 bits per heavy atom. The van der Waals surface area contributed by atoms with Crippen LogP contribution >= 0.6 is 0 Å². The van der Waals surface area contributed by atoms with Crippen molar-refractivity contribution in [3.8, 4) is 0 Å². The van der Waals surface area contributed by atoms with Crippen LogP contribution < -0.4 is 16.2 Å². The number of halogens is 1. The van der Waals surface area contributed by atoms with Gasteiger partial charge in [-0.1, -0.05) is 6.07 Å². The predicted octanol–water partition coefficient (Wildman–Crippen LogP) is 2.40. The Labute approximate surface area is 122 Å². The number of carbonyl (C=O) groups excluding carboxylic acids is 1. The number of hydrazine groups is 1. The van der Waals surface area contributed by atoms with Crippen LogP contribution in [0, 0.1) is 19.7 Å². The molecular weight excluding hydrogens is 271 g/mol. The van der Waals surface area contributed by atoms with Gasteiger partial charge in [0, 0.05) is 18.9 Å². The minimum atomic E-state index is -0.763. The van der Waals surface area contributed by atoms with Crippen molar-refractivity contribution in [1.82, 2.24) is 4.98 Å². The molecule has 1 aromatic heterocycles. The Hall–Kier alpha value is -2.47. The lowest BCUT2D eigenvalue weighted by Gasteiger charge is -2.19. The van der Waals surface area contributed by atoms with Crippen LogP contribution in [0.3, 0.4) is 0 Å². The number of benzene rings is 1. The van der Waals surface area contributed by atoms with E-state index in [0.717, 1.165) is 11.1 Å². The zero-order chi connectivity index (χ0) is 15.6. The van der Waals surface area contributed by atoms with Gasteiger partial charge in [0.15, 0.2) is 11.6 Å². The minimum Gasteiger partial charge on any atom is -0.311 e. The number of nitrogen functional groups attached to an aromatic ring is 1. The smallest absolute Gasteiger partial charge is 0.261 e. The zero-order valence-corrected chi connectivity index (χ0v) is 12.1. The lowest BCUT2D eigenvalue weighted by Crippen LogP contribution is -2.28. The number of pyridine rings is 1. The minimum absolute atomic E-state index is 0.0837. The number of aromatic nitrogens is 1. The number of nitrogens with two attached hydrogens (primary N) is 1. The molecule has 1 aromatic carbocycles. The molecule has 0 bridgehead atoms. The number of nitrogens with zero attached hydrogens (tertiary/aromatic N) is 2. The van der Waals surface area contributed by atoms with Gasteiger partial charge in [0.1, 0.15) is 0 Å². The molecule has 6 heteroatoms. The van der Waals surface area contributed by atoms with E-state index in [1.807, 2.05) is 32.0 Å². The van der Waals surface area contributed by atoms with E-state index >= 15 is 0 Å². The van der Waals surface area contributed by atoms with Gasteiger partial charge >= 0.3 is 0 Å². The van der Waals surface area contributed by atoms with E-state index in [0.29, 0.717) is 5.69 Å². The van der Waals surface area contributed by atoms with Gasteiger partial charge in [0.2, 0.25) is 0 Å². The van der Waals surface area contributed by atoms with E-state index < -0.39 is 11.7 Å². The van der Waals surface area contributed by atoms with Crippen molar-refractivity contribution < 1.29 is 9.18 Å². The molecule has 0 fully saturated rings. The van der Waals surface area contributed by atoms with Crippen LogP contribution in [0.2, 0.25) is 0 Å². The van der Waals surface area contributed by atoms with Gasteiger partial charge in [-0.15, -0.1) is 0 Å². The molecule has 0 saturated heterocycles. The molecule has 2 rings (SSSR count). The Bertz CT molecular complexity index is 667. The highest BCUT2D eigenvalue weighted by molar-refractivity contribution is 6.06. The van der Waals surface area contributed by atoms with E-state index in [2.05, 4.69) is 10.4 Å². The average Bonchev–Trinajstić information content (AvgIpc) is 2.45. The standard InChI is InChI=1S/C15H17FN4O/c1-9-6-10(2)8-11(7-9)20(3)15(21)12-4-5-18-14(19-17)13(12)16/h4-8H,17H2,1-3H3,(H,18,19). The molecule has 0 saturated carbocycles. The van der Waals surface area contributed by atoms with Crippen molar-refractivity contribution in [3.05, 3.63) is 53.0 Å². The van der Waals surface area contributed by atoms with Crippen LogP contribution in [0.1, 0.15) is 21.5 Å². The van der Waals surface area contributed by atoms with Gasteiger partial charge < -0.3 is 10.3 Å². The summed E-state index contributed by atoms with van der Waals surface area (Å²) in [7, 11) is 1.60. The molecule has 0 aliphatic rings. The van der Waals surface area contributed by atoms with Crippen molar-refractivity contribution in [2.24, 2.45) is 5.84 Å². The summed E-state index contributed by atoms with van der Waals surface area (Å²) in [6.07, 6.45) is 1.33. The fraction of sp³-hybridized carbons (Fsp3) is 0.200. The fourth-order valence-electron chi connectivity index (χ4n) is 2.15. The summed E-state index contributed by atoms with van der Waals surface area (Å²) in [5, 5.41) is 0. The van der Waals surface area contributed by atoms with E-state index in [9.17, 15) is 9.18 Å². The largest absolute Gasteiger partial charge is 0.311 e. The number of anilines is 2. The Morgan fingerprint density at radius 3 is 2.48 bits per heavy atom. The predicted molar refractivity (Wildman–Crippen MR) is 80.7 cm³/mol. The number of hydrogen-bond acceptors (Lipinski definition) is 4. The van der Waals surface area contributed by atoms with Gasteiger partial charge in [-0.05, 0) is 43.2 Å². The normalized spacial score (nSPS) is 10.3. The van der Waals surface area contributed by atoms with Gasteiger partial charge in [-0.2, -0.15) is 0 Å². The van der Waals surface area contributed by atoms with Gasteiger partial charge in [0.05, 0.1) is 5.56 Å². The maximum absolute atomic E-state index is 14.1. The number of aryl methyl sites for hydroxylation is 2. The van der Waals surface area contributed by atoms with Crippen LogP contribution in [0.4, 0.5) is 15.9 Å². The van der Waals surface area contributed by atoms with Crippen LogP contribution in [-0.4, -0.2) is 17.9 Å². The monoisotopic (exact) mass is 288 g/mol. The Kier molecular flexibility index (Phi) is 4.18. The summed E-state index contributed by atoms with van der Waals surface area (Å²) in [6, 6.07) is 7.07. The number of hydrogen-bond donors (Lipinski definition) is 2. The SMILES string of the molecule is Cc1cc(C)cc(N(C)C(=O)c2ccnc(NN)c2F)c1.